The average Bonchev–Trinajstić information content (AvgIpc) is 3.18. The van der Waals surface area contributed by atoms with Gasteiger partial charge in [-0.25, -0.2) is 0 Å². The number of carbonyl (C=O) groups excluding carboxylic acids is 2. The van der Waals surface area contributed by atoms with E-state index in [1.165, 1.54) is 11.1 Å². The van der Waals surface area contributed by atoms with E-state index < -0.39 is 24.0 Å². The molecule has 1 heterocycles. The molecule has 7 nitrogen and oxygen atoms in total. The SMILES string of the molecule is NC1CCC(c2ccc(C(=O)C(N)[C@@H]3C[C@@H](CC(=O)O)C(=O)N3CCCc3ccccc3)cc2)CC1. The first-order valence-electron chi connectivity index (χ1n) is 13.0. The fourth-order valence-electron chi connectivity index (χ4n) is 5.75. The van der Waals surface area contributed by atoms with E-state index in [4.69, 9.17) is 11.5 Å². The largest absolute Gasteiger partial charge is 0.481 e. The minimum atomic E-state index is -1.02. The third-order valence-corrected chi connectivity index (χ3v) is 7.84. The Morgan fingerprint density at radius 1 is 1.00 bits per heavy atom. The Hall–Kier alpha value is -3.03. The van der Waals surface area contributed by atoms with Crippen molar-refractivity contribution < 1.29 is 19.5 Å². The number of hydrogen-bond acceptors (Lipinski definition) is 5. The second-order valence-corrected chi connectivity index (χ2v) is 10.3. The van der Waals surface area contributed by atoms with Crippen molar-refractivity contribution in [2.24, 2.45) is 17.4 Å². The summed E-state index contributed by atoms with van der Waals surface area (Å²) < 4.78 is 0. The van der Waals surface area contributed by atoms with E-state index in [1.54, 1.807) is 4.90 Å². The number of nitrogens with two attached hydrogens (primary N) is 2. The van der Waals surface area contributed by atoms with Gasteiger partial charge in [-0.05, 0) is 62.0 Å². The molecule has 1 unspecified atom stereocenters. The number of hydrogen-bond donors (Lipinski definition) is 3. The number of ketones is 1. The van der Waals surface area contributed by atoms with Crippen LogP contribution in [0.1, 0.15) is 72.3 Å². The number of Topliss-reactive ketones (excluding diaryl/α,β-unsaturated/α-hetero) is 1. The Morgan fingerprint density at radius 2 is 1.67 bits per heavy atom. The van der Waals surface area contributed by atoms with Crippen LogP contribution in [0.25, 0.3) is 0 Å². The second-order valence-electron chi connectivity index (χ2n) is 10.3. The van der Waals surface area contributed by atoms with Crippen molar-refractivity contribution in [3.63, 3.8) is 0 Å². The van der Waals surface area contributed by atoms with Crippen molar-refractivity contribution in [2.45, 2.75) is 75.4 Å². The molecule has 2 aliphatic rings. The molecular weight excluding hydrogens is 454 g/mol. The summed E-state index contributed by atoms with van der Waals surface area (Å²) in [7, 11) is 0. The quantitative estimate of drug-likeness (QED) is 0.437. The highest BCUT2D eigenvalue weighted by Gasteiger charge is 2.44. The molecular formula is C29H37N3O4. The lowest BCUT2D eigenvalue weighted by molar-refractivity contribution is -0.142. The first-order chi connectivity index (χ1) is 17.3. The van der Waals surface area contributed by atoms with Crippen molar-refractivity contribution >= 4 is 17.7 Å². The highest BCUT2D eigenvalue weighted by atomic mass is 16.4. The van der Waals surface area contributed by atoms with Gasteiger partial charge in [-0.2, -0.15) is 0 Å². The monoisotopic (exact) mass is 491 g/mol. The first-order valence-corrected chi connectivity index (χ1v) is 13.0. The summed E-state index contributed by atoms with van der Waals surface area (Å²) in [5.74, 6) is -1.63. The molecule has 2 fully saturated rings. The van der Waals surface area contributed by atoms with E-state index in [0.717, 1.165) is 32.1 Å². The van der Waals surface area contributed by atoms with Crippen molar-refractivity contribution in [1.29, 1.82) is 0 Å². The van der Waals surface area contributed by atoms with Gasteiger partial charge in [0.2, 0.25) is 5.91 Å². The van der Waals surface area contributed by atoms with Crippen LogP contribution in [0, 0.1) is 5.92 Å². The zero-order chi connectivity index (χ0) is 25.7. The number of carboxylic acid groups (broad SMARTS) is 1. The Kier molecular flexibility index (Phi) is 8.54. The molecule has 192 valence electrons. The van der Waals surface area contributed by atoms with Crippen LogP contribution in [-0.4, -0.2) is 52.3 Å². The minimum Gasteiger partial charge on any atom is -0.481 e. The Morgan fingerprint density at radius 3 is 2.31 bits per heavy atom. The standard InChI is InChI=1S/C29H37N3O4/c30-24-14-12-21(13-15-24)20-8-10-22(11-9-20)28(35)27(31)25-17-23(18-26(33)34)29(36)32(25)16-4-7-19-5-2-1-3-6-19/h1-3,5-6,8-11,21,23-25,27H,4,7,12-18,30-31H2,(H,33,34)/t21?,23-,24?,25-,27?/m0/s1. The molecule has 1 aliphatic heterocycles. The average molecular weight is 492 g/mol. The summed E-state index contributed by atoms with van der Waals surface area (Å²) in [6, 6.07) is 16.5. The van der Waals surface area contributed by atoms with E-state index in [0.29, 0.717) is 24.4 Å². The van der Waals surface area contributed by atoms with E-state index in [-0.39, 0.29) is 30.6 Å². The van der Waals surface area contributed by atoms with E-state index in [1.807, 2.05) is 54.6 Å². The number of rotatable bonds is 10. The molecule has 7 heteroatoms. The second kappa shape index (κ2) is 11.8. The van der Waals surface area contributed by atoms with Crippen LogP contribution in [0.15, 0.2) is 54.6 Å². The zero-order valence-corrected chi connectivity index (χ0v) is 20.7. The molecule has 1 amide bonds. The van der Waals surface area contributed by atoms with Gasteiger partial charge in [-0.1, -0.05) is 54.6 Å². The maximum Gasteiger partial charge on any atom is 0.304 e. The molecule has 3 atom stereocenters. The van der Waals surface area contributed by atoms with Gasteiger partial charge < -0.3 is 21.5 Å². The fourth-order valence-corrected chi connectivity index (χ4v) is 5.75. The Bertz CT molecular complexity index is 1050. The van der Waals surface area contributed by atoms with Gasteiger partial charge in [-0.15, -0.1) is 0 Å². The Balaban J connectivity index is 1.44. The number of carbonyl (C=O) groups is 3. The summed E-state index contributed by atoms with van der Waals surface area (Å²) in [6.07, 6.45) is 5.69. The summed E-state index contributed by atoms with van der Waals surface area (Å²) >= 11 is 0. The van der Waals surface area contributed by atoms with Crippen LogP contribution in [-0.2, 0) is 16.0 Å². The molecule has 1 saturated carbocycles. The van der Waals surface area contributed by atoms with Gasteiger partial charge in [0.1, 0.15) is 0 Å². The van der Waals surface area contributed by atoms with Crippen LogP contribution in [0.5, 0.6) is 0 Å². The van der Waals surface area contributed by atoms with Crippen LogP contribution in [0.3, 0.4) is 0 Å². The molecule has 1 saturated heterocycles. The molecule has 1 aliphatic carbocycles. The zero-order valence-electron chi connectivity index (χ0n) is 20.7. The van der Waals surface area contributed by atoms with Crippen LogP contribution >= 0.6 is 0 Å². The maximum absolute atomic E-state index is 13.3. The predicted octanol–water partition coefficient (Wildman–Crippen LogP) is 3.51. The highest BCUT2D eigenvalue weighted by Crippen LogP contribution is 2.33. The van der Waals surface area contributed by atoms with E-state index >= 15 is 0 Å². The minimum absolute atomic E-state index is 0.214. The number of amides is 1. The molecule has 0 bridgehead atoms. The van der Waals surface area contributed by atoms with E-state index in [2.05, 4.69) is 0 Å². The number of aliphatic carboxylic acids is 1. The van der Waals surface area contributed by atoms with Crippen LogP contribution in [0.2, 0.25) is 0 Å². The highest BCUT2D eigenvalue weighted by molar-refractivity contribution is 6.01. The van der Waals surface area contributed by atoms with Gasteiger partial charge in [0.25, 0.3) is 0 Å². The lowest BCUT2D eigenvalue weighted by atomic mass is 9.81. The third kappa shape index (κ3) is 6.20. The molecule has 5 N–H and O–H groups in total. The number of nitrogens with zero attached hydrogens (tertiary/aromatic N) is 1. The fraction of sp³-hybridized carbons (Fsp3) is 0.483. The third-order valence-electron chi connectivity index (χ3n) is 7.84. The van der Waals surface area contributed by atoms with Gasteiger partial charge in [-0.3, -0.25) is 14.4 Å². The molecule has 36 heavy (non-hydrogen) atoms. The molecule has 0 spiro atoms. The van der Waals surface area contributed by atoms with Crippen molar-refractivity contribution in [1.82, 2.24) is 4.90 Å². The Labute approximate surface area is 212 Å². The summed E-state index contributed by atoms with van der Waals surface area (Å²) in [5, 5.41) is 9.29. The molecule has 2 aromatic carbocycles. The van der Waals surface area contributed by atoms with Crippen LogP contribution < -0.4 is 11.5 Å². The van der Waals surface area contributed by atoms with Crippen molar-refractivity contribution in [3.8, 4) is 0 Å². The summed E-state index contributed by atoms with van der Waals surface area (Å²) in [6.45, 7) is 0.443. The van der Waals surface area contributed by atoms with Gasteiger partial charge >= 0.3 is 5.97 Å². The number of benzene rings is 2. The lowest BCUT2D eigenvalue weighted by Crippen LogP contribution is -2.50. The maximum atomic E-state index is 13.3. The van der Waals surface area contributed by atoms with Gasteiger partial charge in [0.05, 0.1) is 24.4 Å². The predicted molar refractivity (Wildman–Crippen MR) is 139 cm³/mol. The topological polar surface area (TPSA) is 127 Å². The number of likely N-dealkylation sites (tertiary alicyclic amines) is 1. The number of aryl methyl sites for hydroxylation is 1. The van der Waals surface area contributed by atoms with Gasteiger partial charge in [0, 0.05) is 18.2 Å². The molecule has 4 rings (SSSR count). The van der Waals surface area contributed by atoms with Crippen molar-refractivity contribution in [2.75, 3.05) is 6.54 Å². The van der Waals surface area contributed by atoms with Crippen molar-refractivity contribution in [3.05, 3.63) is 71.3 Å². The van der Waals surface area contributed by atoms with E-state index in [9.17, 15) is 19.5 Å². The van der Waals surface area contributed by atoms with Crippen LogP contribution in [0.4, 0.5) is 0 Å². The molecule has 2 aromatic rings. The normalized spacial score (nSPS) is 25.1. The summed E-state index contributed by atoms with van der Waals surface area (Å²) in [5.41, 5.74) is 15.4. The smallest absolute Gasteiger partial charge is 0.304 e. The summed E-state index contributed by atoms with van der Waals surface area (Å²) in [4.78, 5) is 39.4. The van der Waals surface area contributed by atoms with Gasteiger partial charge in [0.15, 0.2) is 5.78 Å². The molecule has 0 radical (unpaired) electrons. The molecule has 0 aromatic heterocycles. The lowest BCUT2D eigenvalue weighted by Gasteiger charge is -2.29. The number of carboxylic acids is 1. The first kappa shape index (κ1) is 26.0.